The summed E-state index contributed by atoms with van der Waals surface area (Å²) in [5.74, 6) is 13.8. The molecule has 0 unspecified atom stereocenters. The summed E-state index contributed by atoms with van der Waals surface area (Å²) in [5, 5.41) is 0. The predicted octanol–water partition coefficient (Wildman–Crippen LogP) is 5.73. The molecule has 30 heavy (non-hydrogen) atoms. The van der Waals surface area contributed by atoms with Crippen molar-refractivity contribution in [2.45, 2.75) is 26.7 Å². The Kier molecular flexibility index (Phi) is 6.12. The van der Waals surface area contributed by atoms with Gasteiger partial charge in [-0.1, -0.05) is 72.5 Å². The van der Waals surface area contributed by atoms with Crippen LogP contribution in [0.25, 0.3) is 0 Å². The van der Waals surface area contributed by atoms with Crippen LogP contribution in [-0.2, 0) is 12.8 Å². The summed E-state index contributed by atoms with van der Waals surface area (Å²) in [6, 6.07) is 21.2. The highest BCUT2D eigenvalue weighted by atomic mass is 32.1. The van der Waals surface area contributed by atoms with Crippen molar-refractivity contribution >= 4 is 11.3 Å². The van der Waals surface area contributed by atoms with E-state index < -0.39 is 0 Å². The molecule has 4 rings (SSSR count). The van der Waals surface area contributed by atoms with Crippen molar-refractivity contribution in [3.05, 3.63) is 81.5 Å². The van der Waals surface area contributed by atoms with Crippen LogP contribution in [0.15, 0.2) is 60.7 Å². The van der Waals surface area contributed by atoms with Gasteiger partial charge in [-0.25, -0.2) is 0 Å². The first-order valence-corrected chi connectivity index (χ1v) is 10.9. The van der Waals surface area contributed by atoms with Crippen molar-refractivity contribution in [3.63, 3.8) is 0 Å². The quantitative estimate of drug-likeness (QED) is 0.509. The Morgan fingerprint density at radius 2 is 1.17 bits per heavy atom. The van der Waals surface area contributed by atoms with E-state index in [1.807, 2.05) is 13.8 Å². The largest absolute Gasteiger partial charge is 0.487 e. The Morgan fingerprint density at radius 1 is 0.733 bits per heavy atom. The van der Waals surface area contributed by atoms with E-state index in [1.165, 1.54) is 11.1 Å². The molecule has 2 heterocycles. The van der Waals surface area contributed by atoms with Crippen molar-refractivity contribution in [2.75, 3.05) is 13.2 Å². The highest BCUT2D eigenvalue weighted by molar-refractivity contribution is 7.13. The van der Waals surface area contributed by atoms with Crippen LogP contribution in [0, 0.1) is 29.1 Å². The van der Waals surface area contributed by atoms with Crippen molar-refractivity contribution in [1.82, 2.24) is 0 Å². The average molecular weight is 413 g/mol. The molecule has 1 aromatic heterocycles. The lowest BCUT2D eigenvalue weighted by Gasteiger charge is -2.31. The second-order valence-corrected chi connectivity index (χ2v) is 8.59. The summed E-state index contributed by atoms with van der Waals surface area (Å²) in [6.07, 6.45) is 1.75. The van der Waals surface area contributed by atoms with Crippen LogP contribution in [0.4, 0.5) is 0 Å². The standard InChI is InChI=1S/C27H24O2S/c1-3-11-23-25-26(24(30-23)12-4-2)29-20-27(19-28-25,17-21-13-7-5-8-14-21)18-22-15-9-6-10-16-22/h5-10,13-16H,17-20H2,1-2H3. The van der Waals surface area contributed by atoms with Crippen molar-refractivity contribution in [3.8, 4) is 35.2 Å². The molecule has 0 fully saturated rings. The zero-order valence-corrected chi connectivity index (χ0v) is 18.1. The van der Waals surface area contributed by atoms with E-state index in [0.717, 1.165) is 34.1 Å². The van der Waals surface area contributed by atoms with Gasteiger partial charge in [-0.05, 0) is 37.8 Å². The van der Waals surface area contributed by atoms with Crippen LogP contribution in [-0.4, -0.2) is 13.2 Å². The fourth-order valence-corrected chi connectivity index (χ4v) is 4.87. The van der Waals surface area contributed by atoms with Crippen molar-refractivity contribution < 1.29 is 9.47 Å². The number of thiophene rings is 1. The average Bonchev–Trinajstić information content (AvgIpc) is 2.97. The topological polar surface area (TPSA) is 18.5 Å². The van der Waals surface area contributed by atoms with Gasteiger partial charge >= 0.3 is 0 Å². The minimum absolute atomic E-state index is 0.187. The molecule has 0 amide bonds. The Bertz CT molecular complexity index is 1030. The third-order valence-electron chi connectivity index (χ3n) is 5.19. The molecule has 0 atom stereocenters. The number of hydrogen-bond acceptors (Lipinski definition) is 3. The summed E-state index contributed by atoms with van der Waals surface area (Å²) >= 11 is 1.54. The molecule has 150 valence electrons. The lowest BCUT2D eigenvalue weighted by Crippen LogP contribution is -2.38. The van der Waals surface area contributed by atoms with E-state index in [4.69, 9.17) is 9.47 Å². The van der Waals surface area contributed by atoms with Gasteiger partial charge in [0.05, 0.1) is 13.2 Å². The molecule has 2 nitrogen and oxygen atoms in total. The number of hydrogen-bond donors (Lipinski definition) is 0. The van der Waals surface area contributed by atoms with E-state index in [2.05, 4.69) is 84.3 Å². The molecule has 2 aromatic carbocycles. The van der Waals surface area contributed by atoms with Gasteiger partial charge in [-0.15, -0.1) is 23.2 Å². The minimum atomic E-state index is -0.187. The van der Waals surface area contributed by atoms with Crippen LogP contribution >= 0.6 is 11.3 Å². The van der Waals surface area contributed by atoms with Gasteiger partial charge < -0.3 is 9.47 Å². The highest BCUT2D eigenvalue weighted by Crippen LogP contribution is 2.46. The lowest BCUT2D eigenvalue weighted by atomic mass is 9.77. The summed E-state index contributed by atoms with van der Waals surface area (Å²) in [7, 11) is 0. The van der Waals surface area contributed by atoms with Crippen molar-refractivity contribution in [2.24, 2.45) is 5.41 Å². The molecule has 0 saturated heterocycles. The Balaban J connectivity index is 1.71. The SMILES string of the molecule is CC#Cc1sc(C#CC)c2c1OCC(Cc1ccccc1)(Cc1ccccc1)CO2. The number of ether oxygens (including phenoxy) is 2. The molecule has 3 heteroatoms. The second-order valence-electron chi connectivity index (χ2n) is 7.57. The van der Waals surface area contributed by atoms with Crippen LogP contribution in [0.5, 0.6) is 11.5 Å². The maximum absolute atomic E-state index is 6.43. The monoisotopic (exact) mass is 412 g/mol. The maximum atomic E-state index is 6.43. The van der Waals surface area contributed by atoms with Crippen LogP contribution in [0.3, 0.4) is 0 Å². The molecule has 0 radical (unpaired) electrons. The Hall–Kier alpha value is -3.14. The molecule has 0 aliphatic carbocycles. The van der Waals surface area contributed by atoms with E-state index in [0.29, 0.717) is 13.2 Å². The van der Waals surface area contributed by atoms with E-state index in [1.54, 1.807) is 11.3 Å². The highest BCUT2D eigenvalue weighted by Gasteiger charge is 2.37. The van der Waals surface area contributed by atoms with Crippen molar-refractivity contribution in [1.29, 1.82) is 0 Å². The first kappa shape index (κ1) is 20.1. The minimum Gasteiger partial charge on any atom is -0.487 e. The molecular formula is C27H24O2S. The van der Waals surface area contributed by atoms with Crippen LogP contribution in [0.2, 0.25) is 0 Å². The summed E-state index contributed by atoms with van der Waals surface area (Å²) in [6.45, 7) is 4.81. The zero-order valence-electron chi connectivity index (χ0n) is 17.3. The van der Waals surface area contributed by atoms with Crippen LogP contribution < -0.4 is 9.47 Å². The van der Waals surface area contributed by atoms with Gasteiger partial charge in [-0.2, -0.15) is 0 Å². The van der Waals surface area contributed by atoms with Gasteiger partial charge in [-0.3, -0.25) is 0 Å². The van der Waals surface area contributed by atoms with Crippen LogP contribution in [0.1, 0.15) is 34.7 Å². The molecule has 0 saturated carbocycles. The molecule has 3 aromatic rings. The molecule has 1 aliphatic heterocycles. The van der Waals surface area contributed by atoms with Gasteiger partial charge in [0, 0.05) is 5.41 Å². The fourth-order valence-electron chi connectivity index (χ4n) is 3.87. The molecular weight excluding hydrogens is 388 g/mol. The van der Waals surface area contributed by atoms with Gasteiger partial charge in [0.25, 0.3) is 0 Å². The predicted molar refractivity (Wildman–Crippen MR) is 123 cm³/mol. The molecule has 1 aliphatic rings. The number of benzene rings is 2. The Labute approximate surface area is 182 Å². The van der Waals surface area contributed by atoms with E-state index in [-0.39, 0.29) is 5.41 Å². The van der Waals surface area contributed by atoms with Gasteiger partial charge in [0.2, 0.25) is 0 Å². The first-order chi connectivity index (χ1) is 14.7. The summed E-state index contributed by atoms with van der Waals surface area (Å²) in [5.41, 5.74) is 2.38. The van der Waals surface area contributed by atoms with Gasteiger partial charge in [0.1, 0.15) is 9.75 Å². The fraction of sp³-hybridized carbons (Fsp3) is 0.259. The smallest absolute Gasteiger partial charge is 0.189 e. The lowest BCUT2D eigenvalue weighted by molar-refractivity contribution is 0.102. The first-order valence-electron chi connectivity index (χ1n) is 10.1. The second kappa shape index (κ2) is 9.12. The van der Waals surface area contributed by atoms with E-state index >= 15 is 0 Å². The number of rotatable bonds is 4. The summed E-state index contributed by atoms with van der Waals surface area (Å²) < 4.78 is 12.9. The molecule has 0 N–H and O–H groups in total. The third kappa shape index (κ3) is 4.38. The molecule has 0 spiro atoms. The third-order valence-corrected chi connectivity index (χ3v) is 6.17. The Morgan fingerprint density at radius 3 is 1.57 bits per heavy atom. The molecule has 0 bridgehead atoms. The van der Waals surface area contributed by atoms with Gasteiger partial charge in [0.15, 0.2) is 11.5 Å². The van der Waals surface area contributed by atoms with E-state index in [9.17, 15) is 0 Å². The summed E-state index contributed by atoms with van der Waals surface area (Å²) in [4.78, 5) is 1.78. The number of fused-ring (bicyclic) bond motifs is 1. The zero-order chi connectivity index (χ0) is 20.8. The normalized spacial score (nSPS) is 13.9. The maximum Gasteiger partial charge on any atom is 0.189 e.